The van der Waals surface area contributed by atoms with E-state index in [-0.39, 0.29) is 0 Å². The summed E-state index contributed by atoms with van der Waals surface area (Å²) in [5.41, 5.74) is 0.839. The Balaban J connectivity index is 1.52. The number of benzene rings is 2. The molecular formula is C22H24N4O. The third-order valence-corrected chi connectivity index (χ3v) is 4.85. The molecule has 0 spiro atoms. The molecule has 2 aromatic carbocycles. The van der Waals surface area contributed by atoms with E-state index < -0.39 is 0 Å². The highest BCUT2D eigenvalue weighted by molar-refractivity contribution is 5.63. The van der Waals surface area contributed by atoms with Gasteiger partial charge in [-0.05, 0) is 49.1 Å². The van der Waals surface area contributed by atoms with Gasteiger partial charge in [0.2, 0.25) is 5.95 Å². The number of piperidine rings is 1. The van der Waals surface area contributed by atoms with Crippen LogP contribution < -0.4 is 15.0 Å². The lowest BCUT2D eigenvalue weighted by atomic mass is 9.99. The third-order valence-electron chi connectivity index (χ3n) is 4.85. The lowest BCUT2D eigenvalue weighted by Gasteiger charge is -2.31. The Morgan fingerprint density at radius 3 is 2.52 bits per heavy atom. The van der Waals surface area contributed by atoms with Crippen LogP contribution in [0.1, 0.15) is 19.8 Å². The quantitative estimate of drug-likeness (QED) is 0.673. The summed E-state index contributed by atoms with van der Waals surface area (Å²) in [5.74, 6) is 3.88. The molecule has 1 aromatic heterocycles. The Hall–Kier alpha value is -3.08. The van der Waals surface area contributed by atoms with Gasteiger partial charge in [0.25, 0.3) is 0 Å². The molecule has 1 saturated heterocycles. The van der Waals surface area contributed by atoms with E-state index in [1.807, 2.05) is 66.9 Å². The first-order valence-electron chi connectivity index (χ1n) is 9.45. The van der Waals surface area contributed by atoms with Crippen LogP contribution in [0.4, 0.5) is 17.5 Å². The Morgan fingerprint density at radius 1 is 0.963 bits per heavy atom. The summed E-state index contributed by atoms with van der Waals surface area (Å²) in [7, 11) is 0. The second-order valence-electron chi connectivity index (χ2n) is 6.94. The summed E-state index contributed by atoms with van der Waals surface area (Å²) >= 11 is 0. The number of para-hydroxylation sites is 3. The maximum absolute atomic E-state index is 6.01. The summed E-state index contributed by atoms with van der Waals surface area (Å²) in [6.45, 7) is 4.41. The topological polar surface area (TPSA) is 50.3 Å². The van der Waals surface area contributed by atoms with E-state index in [1.165, 1.54) is 12.8 Å². The second-order valence-corrected chi connectivity index (χ2v) is 6.94. The summed E-state index contributed by atoms with van der Waals surface area (Å²) < 4.78 is 6.01. The highest BCUT2D eigenvalue weighted by Gasteiger charge is 2.17. The number of rotatable bonds is 5. The number of ether oxygens (including phenoxy) is 1. The summed E-state index contributed by atoms with van der Waals surface area (Å²) in [6.07, 6.45) is 4.23. The van der Waals surface area contributed by atoms with Crippen molar-refractivity contribution in [3.8, 4) is 11.5 Å². The zero-order valence-electron chi connectivity index (χ0n) is 15.5. The van der Waals surface area contributed by atoms with Crippen molar-refractivity contribution in [3.63, 3.8) is 0 Å². The zero-order chi connectivity index (χ0) is 18.5. The first kappa shape index (κ1) is 17.3. The second kappa shape index (κ2) is 8.08. The van der Waals surface area contributed by atoms with Gasteiger partial charge in [0.05, 0.1) is 5.69 Å². The fourth-order valence-electron chi connectivity index (χ4n) is 3.22. The van der Waals surface area contributed by atoms with Crippen LogP contribution in [0, 0.1) is 5.92 Å². The zero-order valence-corrected chi connectivity index (χ0v) is 15.5. The van der Waals surface area contributed by atoms with E-state index in [2.05, 4.69) is 22.1 Å². The molecule has 1 fully saturated rings. The number of anilines is 3. The van der Waals surface area contributed by atoms with Crippen molar-refractivity contribution in [2.24, 2.45) is 5.92 Å². The molecule has 0 bridgehead atoms. The normalized spacial score (nSPS) is 14.8. The van der Waals surface area contributed by atoms with Crippen molar-refractivity contribution in [1.29, 1.82) is 0 Å². The number of nitrogens with one attached hydrogen (secondary N) is 1. The molecule has 138 valence electrons. The number of aromatic nitrogens is 2. The van der Waals surface area contributed by atoms with E-state index in [0.29, 0.717) is 5.95 Å². The third kappa shape index (κ3) is 4.37. The standard InChI is InChI=1S/C22H24N4O/c1-17-12-15-26(16-13-17)21-11-14-23-22(25-21)24-19-9-5-6-10-20(19)27-18-7-3-2-4-8-18/h2-11,14,17H,12-13,15-16H2,1H3,(H,23,24,25). The van der Waals surface area contributed by atoms with Crippen LogP contribution in [0.15, 0.2) is 66.9 Å². The average molecular weight is 360 g/mol. The molecule has 1 N–H and O–H groups in total. The minimum Gasteiger partial charge on any atom is -0.455 e. The van der Waals surface area contributed by atoms with E-state index >= 15 is 0 Å². The fraction of sp³-hybridized carbons (Fsp3) is 0.273. The molecule has 2 heterocycles. The van der Waals surface area contributed by atoms with Gasteiger partial charge < -0.3 is 15.0 Å². The molecule has 0 unspecified atom stereocenters. The van der Waals surface area contributed by atoms with Crippen molar-refractivity contribution in [2.75, 3.05) is 23.3 Å². The molecule has 0 aliphatic carbocycles. The van der Waals surface area contributed by atoms with Gasteiger partial charge in [0, 0.05) is 19.3 Å². The molecule has 5 nitrogen and oxygen atoms in total. The maximum Gasteiger partial charge on any atom is 0.229 e. The summed E-state index contributed by atoms with van der Waals surface area (Å²) in [5, 5.41) is 3.31. The first-order chi connectivity index (χ1) is 13.3. The minimum absolute atomic E-state index is 0.579. The molecule has 0 saturated carbocycles. The van der Waals surface area contributed by atoms with Gasteiger partial charge in [-0.1, -0.05) is 37.3 Å². The molecule has 0 atom stereocenters. The molecule has 0 amide bonds. The lowest BCUT2D eigenvalue weighted by Crippen LogP contribution is -2.33. The first-order valence-corrected chi connectivity index (χ1v) is 9.45. The summed E-state index contributed by atoms with van der Waals surface area (Å²) in [4.78, 5) is 11.4. The van der Waals surface area contributed by atoms with E-state index in [4.69, 9.17) is 9.72 Å². The average Bonchev–Trinajstić information content (AvgIpc) is 2.71. The van der Waals surface area contributed by atoms with Crippen LogP contribution >= 0.6 is 0 Å². The monoisotopic (exact) mass is 360 g/mol. The predicted octanol–water partition coefficient (Wildman–Crippen LogP) is 5.25. The maximum atomic E-state index is 6.01. The van der Waals surface area contributed by atoms with Crippen molar-refractivity contribution in [3.05, 3.63) is 66.9 Å². The number of nitrogens with zero attached hydrogens (tertiary/aromatic N) is 3. The molecule has 27 heavy (non-hydrogen) atoms. The number of hydrogen-bond donors (Lipinski definition) is 1. The van der Waals surface area contributed by atoms with E-state index in [1.54, 1.807) is 0 Å². The Bertz CT molecular complexity index is 876. The van der Waals surface area contributed by atoms with Crippen molar-refractivity contribution < 1.29 is 4.74 Å². The van der Waals surface area contributed by atoms with Crippen molar-refractivity contribution in [1.82, 2.24) is 9.97 Å². The Labute approximate surface area is 160 Å². The van der Waals surface area contributed by atoms with Gasteiger partial charge in [-0.25, -0.2) is 4.98 Å². The largest absolute Gasteiger partial charge is 0.455 e. The van der Waals surface area contributed by atoms with Gasteiger partial charge in [-0.2, -0.15) is 4.98 Å². The number of hydrogen-bond acceptors (Lipinski definition) is 5. The van der Waals surface area contributed by atoms with Crippen LogP contribution in [0.25, 0.3) is 0 Å². The molecule has 1 aliphatic rings. The van der Waals surface area contributed by atoms with Crippen molar-refractivity contribution in [2.45, 2.75) is 19.8 Å². The Morgan fingerprint density at radius 2 is 1.70 bits per heavy atom. The minimum atomic E-state index is 0.579. The van der Waals surface area contributed by atoms with Gasteiger partial charge >= 0.3 is 0 Å². The smallest absolute Gasteiger partial charge is 0.229 e. The molecule has 1 aliphatic heterocycles. The van der Waals surface area contributed by atoms with Crippen LogP contribution in [0.5, 0.6) is 11.5 Å². The lowest BCUT2D eigenvalue weighted by molar-refractivity contribution is 0.436. The SMILES string of the molecule is CC1CCN(c2ccnc(Nc3ccccc3Oc3ccccc3)n2)CC1. The molecule has 3 aromatic rings. The van der Waals surface area contributed by atoms with Gasteiger partial charge in [0.1, 0.15) is 11.6 Å². The summed E-state index contributed by atoms with van der Waals surface area (Å²) in [6, 6.07) is 19.6. The highest BCUT2D eigenvalue weighted by Crippen LogP contribution is 2.31. The predicted molar refractivity (Wildman–Crippen MR) is 109 cm³/mol. The Kier molecular flexibility index (Phi) is 5.19. The van der Waals surface area contributed by atoms with E-state index in [9.17, 15) is 0 Å². The molecule has 5 heteroatoms. The van der Waals surface area contributed by atoms with Crippen molar-refractivity contribution >= 4 is 17.5 Å². The van der Waals surface area contributed by atoms with Crippen LogP contribution in [0.2, 0.25) is 0 Å². The molecule has 0 radical (unpaired) electrons. The van der Waals surface area contributed by atoms with Crippen LogP contribution in [-0.4, -0.2) is 23.1 Å². The van der Waals surface area contributed by atoms with Gasteiger partial charge in [-0.3, -0.25) is 0 Å². The fourth-order valence-corrected chi connectivity index (χ4v) is 3.22. The van der Waals surface area contributed by atoms with Crippen LogP contribution in [-0.2, 0) is 0 Å². The highest BCUT2D eigenvalue weighted by atomic mass is 16.5. The molecular weight excluding hydrogens is 336 g/mol. The van der Waals surface area contributed by atoms with E-state index in [0.717, 1.165) is 42.0 Å². The van der Waals surface area contributed by atoms with Crippen LogP contribution in [0.3, 0.4) is 0 Å². The van der Waals surface area contributed by atoms with Gasteiger partial charge in [0.15, 0.2) is 5.75 Å². The molecule has 4 rings (SSSR count). The van der Waals surface area contributed by atoms with Gasteiger partial charge in [-0.15, -0.1) is 0 Å².